The van der Waals surface area contributed by atoms with Crippen molar-refractivity contribution in [1.82, 2.24) is 0 Å². The van der Waals surface area contributed by atoms with E-state index in [0.717, 1.165) is 6.34 Å². The fourth-order valence-corrected chi connectivity index (χ4v) is 0.240. The van der Waals surface area contributed by atoms with Crippen LogP contribution in [0.4, 0.5) is 0 Å². The van der Waals surface area contributed by atoms with Gasteiger partial charge in [-0.15, -0.1) is 0 Å². The van der Waals surface area contributed by atoms with E-state index in [9.17, 15) is 0 Å². The Morgan fingerprint density at radius 3 is 2.50 bits per heavy atom. The van der Waals surface area contributed by atoms with Gasteiger partial charge in [-0.05, 0) is 5.92 Å². The fourth-order valence-electron chi connectivity index (χ4n) is 0.240. The minimum absolute atomic E-state index is 0.410. The van der Waals surface area contributed by atoms with Crippen molar-refractivity contribution >= 4 is 12.6 Å². The highest BCUT2D eigenvalue weighted by molar-refractivity contribution is 5.72. The first kappa shape index (κ1) is 7.14. The summed E-state index contributed by atoms with van der Waals surface area (Å²) in [5, 5.41) is 10.5. The summed E-state index contributed by atoms with van der Waals surface area (Å²) in [6.07, 6.45) is 2.79. The van der Waals surface area contributed by atoms with Gasteiger partial charge in [-0.2, -0.15) is 0 Å². The monoisotopic (exact) mass is 114 g/mol. The van der Waals surface area contributed by atoms with Crippen molar-refractivity contribution in [3.05, 3.63) is 0 Å². The van der Waals surface area contributed by atoms with E-state index in [-0.39, 0.29) is 0 Å². The predicted octanol–water partition coefficient (Wildman–Crippen LogP) is 1.13. The zero-order chi connectivity index (χ0) is 6.41. The zero-order valence-electron chi connectivity index (χ0n) is 5.07. The first-order chi connectivity index (χ1) is 3.77. The summed E-state index contributed by atoms with van der Waals surface area (Å²) < 4.78 is 0. The molecule has 0 radical (unpaired) electrons. The summed E-state index contributed by atoms with van der Waals surface area (Å²) in [6.45, 7) is 3.99. The molecule has 0 unspecified atom stereocenters. The molecule has 0 spiro atoms. The van der Waals surface area contributed by atoms with Crippen molar-refractivity contribution in [2.45, 2.75) is 13.8 Å². The molecule has 0 aromatic carbocycles. The number of hydrogen-bond acceptors (Lipinski definition) is 2. The van der Waals surface area contributed by atoms with Crippen LogP contribution in [0.2, 0.25) is 0 Å². The van der Waals surface area contributed by atoms with Crippen LogP contribution < -0.4 is 0 Å². The lowest BCUT2D eigenvalue weighted by Crippen LogP contribution is -1.85. The van der Waals surface area contributed by atoms with Gasteiger partial charge >= 0.3 is 0 Å². The van der Waals surface area contributed by atoms with E-state index in [4.69, 9.17) is 5.21 Å². The summed E-state index contributed by atoms with van der Waals surface area (Å²) >= 11 is 0. The Morgan fingerprint density at radius 1 is 1.50 bits per heavy atom. The smallest absolute Gasteiger partial charge is 0.154 e. The van der Waals surface area contributed by atoms with Crippen LogP contribution in [0, 0.1) is 5.92 Å². The van der Waals surface area contributed by atoms with Gasteiger partial charge in [0.25, 0.3) is 0 Å². The Labute approximate surface area is 48.7 Å². The molecule has 0 rings (SSSR count). The molecule has 0 aromatic heterocycles. The standard InChI is InChI=1S/C5H10N2O/c1-5(2)3-6-4-7-8/h3-5,8H,1-2H3/b6-3?,7-4-. The lowest BCUT2D eigenvalue weighted by Gasteiger charge is -1.86. The van der Waals surface area contributed by atoms with E-state index < -0.39 is 0 Å². The number of aliphatic imine (C=N–C) groups is 1. The summed E-state index contributed by atoms with van der Waals surface area (Å²) in [6, 6.07) is 0. The molecule has 46 valence electrons. The molecule has 0 fully saturated rings. The van der Waals surface area contributed by atoms with Gasteiger partial charge in [-0.1, -0.05) is 19.0 Å². The molecule has 0 heterocycles. The summed E-state index contributed by atoms with van der Waals surface area (Å²) in [5.41, 5.74) is 0. The van der Waals surface area contributed by atoms with E-state index >= 15 is 0 Å². The summed E-state index contributed by atoms with van der Waals surface area (Å²) in [7, 11) is 0. The first-order valence-electron chi connectivity index (χ1n) is 2.46. The second-order valence-electron chi connectivity index (χ2n) is 1.77. The van der Waals surface area contributed by atoms with Crippen LogP contribution in [0.5, 0.6) is 0 Å². The van der Waals surface area contributed by atoms with Gasteiger partial charge in [0, 0.05) is 6.21 Å². The number of rotatable bonds is 2. The number of hydrogen-bond donors (Lipinski definition) is 1. The lowest BCUT2D eigenvalue weighted by molar-refractivity contribution is 0.321. The molecule has 3 heteroatoms. The first-order valence-corrected chi connectivity index (χ1v) is 2.46. The van der Waals surface area contributed by atoms with Gasteiger partial charge in [-0.3, -0.25) is 0 Å². The topological polar surface area (TPSA) is 45.0 Å². The Bertz CT molecular complexity index is 96.6. The molecule has 3 nitrogen and oxygen atoms in total. The molecule has 0 aliphatic rings. The molecule has 0 atom stereocenters. The van der Waals surface area contributed by atoms with Gasteiger partial charge in [0.2, 0.25) is 0 Å². The van der Waals surface area contributed by atoms with E-state index in [1.807, 2.05) is 13.8 Å². The Kier molecular flexibility index (Phi) is 3.84. The summed E-state index contributed by atoms with van der Waals surface area (Å²) in [4.78, 5) is 3.62. The largest absolute Gasteiger partial charge is 0.410 e. The number of oxime groups is 1. The third-order valence-corrected chi connectivity index (χ3v) is 0.503. The molecule has 0 bridgehead atoms. The van der Waals surface area contributed by atoms with Gasteiger partial charge in [0.05, 0.1) is 0 Å². The average Bonchev–Trinajstić information content (AvgIpc) is 1.66. The van der Waals surface area contributed by atoms with Crippen LogP contribution in [0.3, 0.4) is 0 Å². The molecule has 8 heavy (non-hydrogen) atoms. The Balaban J connectivity index is 3.34. The maximum atomic E-state index is 7.83. The zero-order valence-corrected chi connectivity index (χ0v) is 5.07. The molecular formula is C5H10N2O. The molecule has 0 aromatic rings. The average molecular weight is 114 g/mol. The van der Waals surface area contributed by atoms with E-state index in [2.05, 4.69) is 10.1 Å². The third-order valence-electron chi connectivity index (χ3n) is 0.503. The van der Waals surface area contributed by atoms with Crippen LogP contribution in [-0.4, -0.2) is 17.8 Å². The Morgan fingerprint density at radius 2 is 2.12 bits per heavy atom. The second kappa shape index (κ2) is 4.30. The van der Waals surface area contributed by atoms with Crippen molar-refractivity contribution < 1.29 is 5.21 Å². The molecule has 0 saturated heterocycles. The molecule has 1 N–H and O–H groups in total. The SMILES string of the molecule is CC(C)C=N/C=N\O. The van der Waals surface area contributed by atoms with Crippen LogP contribution in [0.25, 0.3) is 0 Å². The van der Waals surface area contributed by atoms with Crippen LogP contribution in [-0.2, 0) is 0 Å². The van der Waals surface area contributed by atoms with Crippen molar-refractivity contribution in [1.29, 1.82) is 0 Å². The number of nitrogens with zero attached hydrogens (tertiary/aromatic N) is 2. The summed E-state index contributed by atoms with van der Waals surface area (Å²) in [5.74, 6) is 0.410. The van der Waals surface area contributed by atoms with Gasteiger partial charge < -0.3 is 5.21 Å². The van der Waals surface area contributed by atoms with Crippen molar-refractivity contribution in [3.63, 3.8) is 0 Å². The highest BCUT2D eigenvalue weighted by atomic mass is 16.4. The normalized spacial score (nSPS) is 12.4. The van der Waals surface area contributed by atoms with Crippen molar-refractivity contribution in [2.75, 3.05) is 0 Å². The predicted molar refractivity (Wildman–Crippen MR) is 33.6 cm³/mol. The van der Waals surface area contributed by atoms with Gasteiger partial charge in [0.1, 0.15) is 0 Å². The van der Waals surface area contributed by atoms with E-state index in [0.29, 0.717) is 5.92 Å². The minimum Gasteiger partial charge on any atom is -0.410 e. The van der Waals surface area contributed by atoms with E-state index in [1.54, 1.807) is 6.21 Å². The van der Waals surface area contributed by atoms with Crippen molar-refractivity contribution in [3.8, 4) is 0 Å². The molecular weight excluding hydrogens is 104 g/mol. The van der Waals surface area contributed by atoms with Crippen LogP contribution >= 0.6 is 0 Å². The minimum atomic E-state index is 0.410. The molecule has 0 aliphatic carbocycles. The highest BCUT2D eigenvalue weighted by Gasteiger charge is 1.79. The van der Waals surface area contributed by atoms with Gasteiger partial charge in [-0.25, -0.2) is 4.99 Å². The van der Waals surface area contributed by atoms with Crippen LogP contribution in [0.15, 0.2) is 10.1 Å². The van der Waals surface area contributed by atoms with Crippen molar-refractivity contribution in [2.24, 2.45) is 16.1 Å². The second-order valence-corrected chi connectivity index (χ2v) is 1.77. The molecule has 0 saturated carbocycles. The van der Waals surface area contributed by atoms with E-state index in [1.165, 1.54) is 0 Å². The fraction of sp³-hybridized carbons (Fsp3) is 0.600. The molecule has 0 aliphatic heterocycles. The lowest BCUT2D eigenvalue weighted by atomic mass is 10.3. The quantitative estimate of drug-likeness (QED) is 0.249. The third kappa shape index (κ3) is 5.14. The maximum absolute atomic E-state index is 7.83. The Hall–Kier alpha value is -0.860. The molecule has 0 amide bonds. The highest BCUT2D eigenvalue weighted by Crippen LogP contribution is 1.82. The van der Waals surface area contributed by atoms with Gasteiger partial charge in [0.15, 0.2) is 6.34 Å². The van der Waals surface area contributed by atoms with Crippen LogP contribution in [0.1, 0.15) is 13.8 Å². The maximum Gasteiger partial charge on any atom is 0.154 e.